The number of carbonyl (C=O) groups is 1. The molecule has 1 amide bonds. The molecule has 7 heteroatoms. The monoisotopic (exact) mass is 415 g/mol. The quantitative estimate of drug-likeness (QED) is 0.479. The van der Waals surface area contributed by atoms with Crippen molar-refractivity contribution in [2.45, 2.75) is 58.5 Å². The van der Waals surface area contributed by atoms with Gasteiger partial charge in [-0.15, -0.1) is 11.3 Å². The van der Waals surface area contributed by atoms with Gasteiger partial charge in [0, 0.05) is 17.1 Å². The first-order valence-corrected chi connectivity index (χ1v) is 11.0. The summed E-state index contributed by atoms with van der Waals surface area (Å²) < 4.78 is 1.66. The molecule has 2 aromatic heterocycles. The van der Waals surface area contributed by atoms with Crippen molar-refractivity contribution in [2.24, 2.45) is 0 Å². The fourth-order valence-electron chi connectivity index (χ4n) is 2.99. The number of nitrogens with one attached hydrogen (secondary N) is 1. The molecule has 0 saturated carbocycles. The number of hydrogen-bond acceptors (Lipinski definition) is 5. The summed E-state index contributed by atoms with van der Waals surface area (Å²) in [4.78, 5) is 32.3. The maximum absolute atomic E-state index is 13.0. The summed E-state index contributed by atoms with van der Waals surface area (Å²) in [6.45, 7) is 12.2. The Kier molecular flexibility index (Phi) is 5.95. The number of carbonyl (C=O) groups excluding carboxylic acids is 1. The number of amides is 1. The van der Waals surface area contributed by atoms with E-state index in [9.17, 15) is 9.59 Å². The van der Waals surface area contributed by atoms with Crippen LogP contribution in [0.3, 0.4) is 0 Å². The highest BCUT2D eigenvalue weighted by Crippen LogP contribution is 2.30. The van der Waals surface area contributed by atoms with E-state index in [1.165, 1.54) is 23.1 Å². The van der Waals surface area contributed by atoms with E-state index < -0.39 is 0 Å². The molecule has 148 valence electrons. The highest BCUT2D eigenvalue weighted by atomic mass is 32.2. The normalized spacial score (nSPS) is 12.4. The summed E-state index contributed by atoms with van der Waals surface area (Å²) in [6.07, 6.45) is 0. The summed E-state index contributed by atoms with van der Waals surface area (Å²) >= 11 is 2.85. The van der Waals surface area contributed by atoms with Crippen molar-refractivity contribution in [1.29, 1.82) is 0 Å². The maximum atomic E-state index is 13.0. The Morgan fingerprint density at radius 1 is 1.29 bits per heavy atom. The van der Waals surface area contributed by atoms with Gasteiger partial charge in [-0.25, -0.2) is 4.98 Å². The van der Waals surface area contributed by atoms with Gasteiger partial charge in [0.2, 0.25) is 5.91 Å². The van der Waals surface area contributed by atoms with Crippen molar-refractivity contribution in [2.75, 3.05) is 5.32 Å². The van der Waals surface area contributed by atoms with Crippen LogP contribution in [-0.4, -0.2) is 20.7 Å². The van der Waals surface area contributed by atoms with Gasteiger partial charge in [0.25, 0.3) is 5.56 Å². The van der Waals surface area contributed by atoms with E-state index in [0.717, 1.165) is 32.1 Å². The molecule has 1 unspecified atom stereocenters. The Labute approximate surface area is 173 Å². The second kappa shape index (κ2) is 8.09. The Morgan fingerprint density at radius 3 is 2.68 bits per heavy atom. The molecule has 0 spiro atoms. The fourth-order valence-corrected chi connectivity index (χ4v) is 5.04. The van der Waals surface area contributed by atoms with Gasteiger partial charge in [-0.05, 0) is 64.3 Å². The van der Waals surface area contributed by atoms with Gasteiger partial charge in [0.1, 0.15) is 4.83 Å². The minimum atomic E-state index is -0.385. The number of aromatic nitrogens is 2. The average molecular weight is 416 g/mol. The van der Waals surface area contributed by atoms with Crippen molar-refractivity contribution >= 4 is 44.9 Å². The third-order valence-electron chi connectivity index (χ3n) is 4.87. The van der Waals surface area contributed by atoms with Gasteiger partial charge in [0.05, 0.1) is 10.6 Å². The van der Waals surface area contributed by atoms with Gasteiger partial charge in [-0.3, -0.25) is 14.2 Å². The molecule has 1 N–H and O–H groups in total. The van der Waals surface area contributed by atoms with Gasteiger partial charge < -0.3 is 5.32 Å². The number of anilines is 1. The lowest BCUT2D eigenvalue weighted by Crippen LogP contribution is -2.26. The molecule has 3 rings (SSSR count). The van der Waals surface area contributed by atoms with Crippen LogP contribution in [0.4, 0.5) is 5.69 Å². The summed E-state index contributed by atoms with van der Waals surface area (Å²) in [5, 5.41) is 3.90. The second-order valence-corrected chi connectivity index (χ2v) is 9.49. The van der Waals surface area contributed by atoms with E-state index in [1.54, 1.807) is 4.57 Å². The number of benzene rings is 1. The van der Waals surface area contributed by atoms with E-state index in [0.29, 0.717) is 17.1 Å². The molecule has 0 radical (unpaired) electrons. The summed E-state index contributed by atoms with van der Waals surface area (Å²) in [5.74, 6) is -0.103. The second-order valence-electron chi connectivity index (χ2n) is 6.97. The molecular formula is C21H25N3O2S2. The van der Waals surface area contributed by atoms with Crippen LogP contribution in [0.15, 0.2) is 28.2 Å². The van der Waals surface area contributed by atoms with Crippen molar-refractivity contribution in [3.63, 3.8) is 0 Å². The number of thioether (sulfide) groups is 1. The average Bonchev–Trinajstić information content (AvgIpc) is 2.92. The molecule has 1 atom stereocenters. The predicted molar refractivity (Wildman–Crippen MR) is 119 cm³/mol. The van der Waals surface area contributed by atoms with Crippen LogP contribution in [0.1, 0.15) is 35.4 Å². The molecule has 2 heterocycles. The summed E-state index contributed by atoms with van der Waals surface area (Å²) in [5.41, 5.74) is 3.90. The largest absolute Gasteiger partial charge is 0.325 e. The topological polar surface area (TPSA) is 64.0 Å². The number of nitrogens with zero attached hydrogens (tertiary/aromatic N) is 2. The van der Waals surface area contributed by atoms with Crippen molar-refractivity contribution < 1.29 is 4.79 Å². The van der Waals surface area contributed by atoms with Gasteiger partial charge >= 0.3 is 0 Å². The fraction of sp³-hybridized carbons (Fsp3) is 0.381. The summed E-state index contributed by atoms with van der Waals surface area (Å²) in [7, 11) is 0. The third kappa shape index (κ3) is 3.86. The minimum Gasteiger partial charge on any atom is -0.325 e. The van der Waals surface area contributed by atoms with Gasteiger partial charge in [-0.2, -0.15) is 0 Å². The highest BCUT2D eigenvalue weighted by molar-refractivity contribution is 8.00. The Bertz CT molecular complexity index is 1120. The predicted octanol–water partition coefficient (Wildman–Crippen LogP) is 4.83. The molecule has 0 aliphatic heterocycles. The smallest absolute Gasteiger partial charge is 0.263 e. The van der Waals surface area contributed by atoms with E-state index >= 15 is 0 Å². The zero-order chi connectivity index (χ0) is 20.6. The number of hydrogen-bond donors (Lipinski definition) is 1. The molecule has 0 bridgehead atoms. The molecule has 28 heavy (non-hydrogen) atoms. The Balaban J connectivity index is 1.90. The maximum Gasteiger partial charge on any atom is 0.263 e. The van der Waals surface area contributed by atoms with Crippen LogP contribution in [0.25, 0.3) is 10.2 Å². The molecule has 5 nitrogen and oxygen atoms in total. The number of aryl methyl sites for hydroxylation is 4. The first-order valence-electron chi connectivity index (χ1n) is 9.28. The van der Waals surface area contributed by atoms with Gasteiger partial charge in [0.15, 0.2) is 5.16 Å². The molecule has 3 aromatic rings. The first kappa shape index (κ1) is 20.6. The van der Waals surface area contributed by atoms with Crippen molar-refractivity contribution in [3.8, 4) is 0 Å². The van der Waals surface area contributed by atoms with Crippen LogP contribution in [-0.2, 0) is 11.3 Å². The molecule has 1 aromatic carbocycles. The lowest BCUT2D eigenvalue weighted by Gasteiger charge is -2.16. The molecule has 0 aliphatic carbocycles. The molecule has 0 aliphatic rings. The molecule has 0 fully saturated rings. The summed E-state index contributed by atoms with van der Waals surface area (Å²) in [6, 6.07) is 5.98. The van der Waals surface area contributed by atoms with E-state index in [2.05, 4.69) is 5.32 Å². The van der Waals surface area contributed by atoms with Crippen LogP contribution >= 0.6 is 23.1 Å². The number of rotatable bonds is 5. The Morgan fingerprint density at radius 2 is 2.00 bits per heavy atom. The minimum absolute atomic E-state index is 0.0287. The zero-order valence-corrected chi connectivity index (χ0v) is 18.7. The third-order valence-corrected chi connectivity index (χ3v) is 7.06. The van der Waals surface area contributed by atoms with E-state index in [-0.39, 0.29) is 16.7 Å². The van der Waals surface area contributed by atoms with E-state index in [1.807, 2.05) is 59.7 Å². The van der Waals surface area contributed by atoms with Crippen molar-refractivity contribution in [1.82, 2.24) is 9.55 Å². The van der Waals surface area contributed by atoms with Crippen LogP contribution in [0.2, 0.25) is 0 Å². The first-order chi connectivity index (χ1) is 13.2. The number of thiophene rings is 1. The highest BCUT2D eigenvalue weighted by Gasteiger charge is 2.21. The van der Waals surface area contributed by atoms with Crippen LogP contribution in [0.5, 0.6) is 0 Å². The Hall–Kier alpha value is -2.12. The van der Waals surface area contributed by atoms with E-state index in [4.69, 9.17) is 4.98 Å². The van der Waals surface area contributed by atoms with Crippen molar-refractivity contribution in [3.05, 3.63) is 50.1 Å². The zero-order valence-electron chi connectivity index (χ0n) is 17.0. The standard InChI is InChI=1S/C21H25N3O2S2/c1-7-24-20(26)17-13(4)14(5)27-19(17)23-21(24)28-15(6)18(25)22-16-10-11(2)8-9-12(16)3/h8-10,15H,7H2,1-6H3,(H,22,25). The lowest BCUT2D eigenvalue weighted by molar-refractivity contribution is -0.115. The van der Waals surface area contributed by atoms with Gasteiger partial charge in [-0.1, -0.05) is 23.9 Å². The van der Waals surface area contributed by atoms with Crippen LogP contribution < -0.4 is 10.9 Å². The number of fused-ring (bicyclic) bond motifs is 1. The lowest BCUT2D eigenvalue weighted by atomic mass is 10.1. The SMILES string of the molecule is CCn1c(SC(C)C(=O)Nc2cc(C)ccc2C)nc2sc(C)c(C)c2c1=O. The molecular weight excluding hydrogens is 390 g/mol. The van der Waals surface area contributed by atoms with Crippen LogP contribution in [0, 0.1) is 27.7 Å². The molecule has 0 saturated heterocycles.